The highest BCUT2D eigenvalue weighted by atomic mass is 16.5. The van der Waals surface area contributed by atoms with Gasteiger partial charge in [-0.05, 0) is 56.2 Å². The van der Waals surface area contributed by atoms with E-state index in [2.05, 4.69) is 56.2 Å². The quantitative estimate of drug-likeness (QED) is 0.754. The molecule has 2 rings (SSSR count). The number of nitrogens with one attached hydrogen (secondary N) is 2. The Bertz CT molecular complexity index is 506. The molecular weight excluding hydrogens is 272 g/mol. The monoisotopic (exact) mass is 302 g/mol. The summed E-state index contributed by atoms with van der Waals surface area (Å²) in [5, 5.41) is 6.72. The molecule has 1 aromatic carbocycles. The fraction of sp³-hybridized carbons (Fsp3) is 0.579. The van der Waals surface area contributed by atoms with Gasteiger partial charge in [-0.2, -0.15) is 0 Å². The smallest absolute Gasteiger partial charge is 0.0917 e. The molecule has 3 nitrogen and oxygen atoms in total. The first kappa shape index (κ1) is 16.9. The van der Waals surface area contributed by atoms with Crippen LogP contribution in [0.5, 0.6) is 0 Å². The topological polar surface area (TPSA) is 33.3 Å². The summed E-state index contributed by atoms with van der Waals surface area (Å²) < 4.78 is 5.46. The Labute approximate surface area is 135 Å². The zero-order valence-electron chi connectivity index (χ0n) is 14.4. The van der Waals surface area contributed by atoms with Crippen LogP contribution >= 0.6 is 0 Å². The SMILES string of the molecule is C=C(NCc1cc(C(C)OC)ccc1C1CCC1)NC(C)C. The third-order valence-electron chi connectivity index (χ3n) is 4.49. The average molecular weight is 302 g/mol. The van der Waals surface area contributed by atoms with Crippen molar-refractivity contribution in [2.75, 3.05) is 7.11 Å². The van der Waals surface area contributed by atoms with E-state index < -0.39 is 0 Å². The maximum atomic E-state index is 5.46. The number of ether oxygens (including phenoxy) is 1. The first-order valence-electron chi connectivity index (χ1n) is 8.36. The van der Waals surface area contributed by atoms with E-state index in [1.165, 1.54) is 36.0 Å². The minimum atomic E-state index is 0.131. The zero-order chi connectivity index (χ0) is 16.1. The molecule has 1 aliphatic carbocycles. The van der Waals surface area contributed by atoms with E-state index in [1.54, 1.807) is 7.11 Å². The molecule has 1 aromatic rings. The number of hydrogen-bond acceptors (Lipinski definition) is 3. The standard InChI is InChI=1S/C19H30N2O/c1-13(2)21-15(4)20-12-18-11-17(14(3)22-5)9-10-19(18)16-7-6-8-16/h9-11,13-14,16,20-21H,4,6-8,12H2,1-3,5H3. The van der Waals surface area contributed by atoms with Crippen LogP contribution in [0.15, 0.2) is 30.6 Å². The molecule has 1 fully saturated rings. The Hall–Kier alpha value is -1.48. The van der Waals surface area contributed by atoms with Gasteiger partial charge in [-0.1, -0.05) is 31.2 Å². The minimum absolute atomic E-state index is 0.131. The Kier molecular flexibility index (Phi) is 5.90. The Morgan fingerprint density at radius 3 is 2.59 bits per heavy atom. The summed E-state index contributed by atoms with van der Waals surface area (Å²) in [6.07, 6.45) is 4.12. The summed E-state index contributed by atoms with van der Waals surface area (Å²) >= 11 is 0. The van der Waals surface area contributed by atoms with Gasteiger partial charge in [-0.15, -0.1) is 0 Å². The molecule has 3 heteroatoms. The second kappa shape index (κ2) is 7.68. The van der Waals surface area contributed by atoms with Gasteiger partial charge in [0, 0.05) is 19.7 Å². The van der Waals surface area contributed by atoms with Crippen molar-refractivity contribution >= 4 is 0 Å². The third-order valence-corrected chi connectivity index (χ3v) is 4.49. The maximum Gasteiger partial charge on any atom is 0.0917 e. The Morgan fingerprint density at radius 1 is 1.32 bits per heavy atom. The van der Waals surface area contributed by atoms with E-state index in [0.717, 1.165) is 18.3 Å². The first-order chi connectivity index (χ1) is 10.5. The average Bonchev–Trinajstić information content (AvgIpc) is 2.42. The second-order valence-electron chi connectivity index (χ2n) is 6.60. The molecule has 1 aliphatic rings. The normalized spacial score (nSPS) is 16.2. The van der Waals surface area contributed by atoms with Crippen molar-refractivity contribution in [2.24, 2.45) is 0 Å². The molecule has 0 radical (unpaired) electrons. The number of rotatable bonds is 8. The van der Waals surface area contributed by atoms with Gasteiger partial charge in [0.1, 0.15) is 0 Å². The van der Waals surface area contributed by atoms with Gasteiger partial charge in [-0.3, -0.25) is 0 Å². The van der Waals surface area contributed by atoms with Crippen LogP contribution in [0.4, 0.5) is 0 Å². The molecule has 0 bridgehead atoms. The van der Waals surface area contributed by atoms with E-state index in [0.29, 0.717) is 6.04 Å². The van der Waals surface area contributed by atoms with E-state index >= 15 is 0 Å². The Morgan fingerprint density at radius 2 is 2.05 bits per heavy atom. The van der Waals surface area contributed by atoms with Gasteiger partial charge in [0.15, 0.2) is 0 Å². The van der Waals surface area contributed by atoms with Crippen molar-refractivity contribution in [3.63, 3.8) is 0 Å². The number of methoxy groups -OCH3 is 1. The molecule has 0 aromatic heterocycles. The van der Waals surface area contributed by atoms with Crippen LogP contribution in [0.2, 0.25) is 0 Å². The van der Waals surface area contributed by atoms with Crippen molar-refractivity contribution in [3.8, 4) is 0 Å². The molecule has 122 valence electrons. The molecule has 0 amide bonds. The molecule has 0 saturated heterocycles. The predicted octanol–water partition coefficient (Wildman–Crippen LogP) is 4.22. The van der Waals surface area contributed by atoms with Crippen molar-refractivity contribution in [3.05, 3.63) is 47.3 Å². The van der Waals surface area contributed by atoms with Crippen LogP contribution < -0.4 is 10.6 Å². The highest BCUT2D eigenvalue weighted by Gasteiger charge is 2.22. The van der Waals surface area contributed by atoms with E-state index in [9.17, 15) is 0 Å². The van der Waals surface area contributed by atoms with Crippen molar-refractivity contribution in [1.82, 2.24) is 10.6 Å². The van der Waals surface area contributed by atoms with Crippen LogP contribution in [0.3, 0.4) is 0 Å². The lowest BCUT2D eigenvalue weighted by Crippen LogP contribution is -2.30. The summed E-state index contributed by atoms with van der Waals surface area (Å²) in [6, 6.07) is 7.19. The van der Waals surface area contributed by atoms with Crippen molar-refractivity contribution in [2.45, 2.75) is 64.6 Å². The van der Waals surface area contributed by atoms with Gasteiger partial charge in [0.2, 0.25) is 0 Å². The zero-order valence-corrected chi connectivity index (χ0v) is 14.4. The van der Waals surface area contributed by atoms with Crippen molar-refractivity contribution in [1.29, 1.82) is 0 Å². The van der Waals surface area contributed by atoms with E-state index in [1.807, 2.05) is 0 Å². The highest BCUT2D eigenvalue weighted by Crippen LogP contribution is 2.38. The van der Waals surface area contributed by atoms with Gasteiger partial charge in [0.25, 0.3) is 0 Å². The molecule has 0 aliphatic heterocycles. The first-order valence-corrected chi connectivity index (χ1v) is 8.36. The summed E-state index contributed by atoms with van der Waals surface area (Å²) in [5.74, 6) is 1.62. The summed E-state index contributed by atoms with van der Waals surface area (Å²) in [6.45, 7) is 11.2. The van der Waals surface area contributed by atoms with Crippen LogP contribution in [0, 0.1) is 0 Å². The molecule has 1 saturated carbocycles. The second-order valence-corrected chi connectivity index (χ2v) is 6.60. The van der Waals surface area contributed by atoms with Crippen LogP contribution in [0.1, 0.15) is 68.7 Å². The largest absolute Gasteiger partial charge is 0.377 e. The summed E-state index contributed by atoms with van der Waals surface area (Å²) in [5.41, 5.74) is 4.10. The van der Waals surface area contributed by atoms with Crippen LogP contribution in [0.25, 0.3) is 0 Å². The lowest BCUT2D eigenvalue weighted by molar-refractivity contribution is 0.119. The number of benzene rings is 1. The molecule has 1 unspecified atom stereocenters. The summed E-state index contributed by atoms with van der Waals surface area (Å²) in [7, 11) is 1.76. The predicted molar refractivity (Wildman–Crippen MR) is 92.7 cm³/mol. The molecule has 1 atom stereocenters. The van der Waals surface area contributed by atoms with Gasteiger partial charge in [0.05, 0.1) is 11.9 Å². The summed E-state index contributed by atoms with van der Waals surface area (Å²) in [4.78, 5) is 0. The molecule has 0 spiro atoms. The third kappa shape index (κ3) is 4.26. The molecule has 0 heterocycles. The fourth-order valence-corrected chi connectivity index (χ4v) is 2.89. The van der Waals surface area contributed by atoms with E-state index in [4.69, 9.17) is 4.74 Å². The van der Waals surface area contributed by atoms with E-state index in [-0.39, 0.29) is 6.10 Å². The minimum Gasteiger partial charge on any atom is -0.377 e. The van der Waals surface area contributed by atoms with Gasteiger partial charge < -0.3 is 15.4 Å². The fourth-order valence-electron chi connectivity index (χ4n) is 2.89. The highest BCUT2D eigenvalue weighted by molar-refractivity contribution is 5.36. The maximum absolute atomic E-state index is 5.46. The van der Waals surface area contributed by atoms with Crippen molar-refractivity contribution < 1.29 is 4.74 Å². The van der Waals surface area contributed by atoms with Gasteiger partial charge >= 0.3 is 0 Å². The van der Waals surface area contributed by atoms with Crippen LogP contribution in [-0.2, 0) is 11.3 Å². The van der Waals surface area contributed by atoms with Gasteiger partial charge in [-0.25, -0.2) is 0 Å². The lowest BCUT2D eigenvalue weighted by atomic mass is 9.77. The van der Waals surface area contributed by atoms with Crippen LogP contribution in [-0.4, -0.2) is 13.2 Å². The Balaban J connectivity index is 2.12. The molecule has 22 heavy (non-hydrogen) atoms. The number of hydrogen-bond donors (Lipinski definition) is 2. The molecule has 2 N–H and O–H groups in total. The molecular formula is C19H30N2O. The lowest BCUT2D eigenvalue weighted by Gasteiger charge is -2.29.